The van der Waals surface area contributed by atoms with E-state index in [4.69, 9.17) is 19.9 Å². The minimum atomic E-state index is -0.958. The maximum atomic E-state index is 13.3. The summed E-state index contributed by atoms with van der Waals surface area (Å²) in [6.45, 7) is 2.94. The molecule has 3 amide bonds. The predicted molar refractivity (Wildman–Crippen MR) is 136 cm³/mol. The number of benzene rings is 2. The zero-order valence-electron chi connectivity index (χ0n) is 20.5. The Hall–Kier alpha value is -4.64. The highest BCUT2D eigenvalue weighted by Crippen LogP contribution is 2.32. The molecule has 0 aliphatic heterocycles. The second kappa shape index (κ2) is 13.4. The van der Waals surface area contributed by atoms with Gasteiger partial charge in [0.05, 0.1) is 18.8 Å². The molecule has 1 unspecified atom stereocenters. The molecule has 37 heavy (non-hydrogen) atoms. The van der Waals surface area contributed by atoms with Crippen LogP contribution in [0.15, 0.2) is 67.0 Å². The summed E-state index contributed by atoms with van der Waals surface area (Å²) in [5.41, 5.74) is 11.9. The van der Waals surface area contributed by atoms with Crippen molar-refractivity contribution in [2.45, 2.75) is 13.0 Å². The number of carbonyl (C=O) groups excluding carboxylic acids is 3. The van der Waals surface area contributed by atoms with E-state index in [1.165, 1.54) is 12.4 Å². The summed E-state index contributed by atoms with van der Waals surface area (Å²) < 4.78 is 16.5. The molecule has 0 radical (unpaired) electrons. The molecule has 0 saturated heterocycles. The summed E-state index contributed by atoms with van der Waals surface area (Å²) in [5, 5.41) is 3.12. The smallest absolute Gasteiger partial charge is 0.271 e. The lowest BCUT2D eigenvalue weighted by molar-refractivity contribution is -0.122. The van der Waals surface area contributed by atoms with Gasteiger partial charge in [0.2, 0.25) is 5.91 Å². The van der Waals surface area contributed by atoms with Crippen LogP contribution >= 0.6 is 0 Å². The number of primary amides is 1. The summed E-state index contributed by atoms with van der Waals surface area (Å²) in [4.78, 5) is 41.0. The highest BCUT2D eigenvalue weighted by atomic mass is 16.5. The van der Waals surface area contributed by atoms with E-state index in [2.05, 4.69) is 21.2 Å². The lowest BCUT2D eigenvalue weighted by Gasteiger charge is -2.22. The molecular weight excluding hydrogens is 478 g/mol. The number of anilines is 1. The molecule has 11 nitrogen and oxygen atoms in total. The predicted octanol–water partition coefficient (Wildman–Crippen LogP) is 2.22. The zero-order chi connectivity index (χ0) is 26.6. The first-order valence-electron chi connectivity index (χ1n) is 11.5. The highest BCUT2D eigenvalue weighted by molar-refractivity contribution is 5.96. The van der Waals surface area contributed by atoms with Gasteiger partial charge in [0, 0.05) is 30.8 Å². The molecule has 11 heteroatoms. The van der Waals surface area contributed by atoms with Gasteiger partial charge in [0.1, 0.15) is 12.6 Å². The molecule has 3 aromatic rings. The number of hydrogen-bond donors (Lipinski definition) is 4. The van der Waals surface area contributed by atoms with Crippen molar-refractivity contribution < 1.29 is 28.6 Å². The normalized spacial score (nSPS) is 11.2. The molecule has 1 aromatic heterocycles. The van der Waals surface area contributed by atoms with Crippen molar-refractivity contribution in [1.29, 1.82) is 0 Å². The van der Waals surface area contributed by atoms with Crippen LogP contribution in [0.25, 0.3) is 0 Å². The standard InChI is InChI=1S/C26H29N5O6/c1-3-36-22-15-18(8-11-21(22)37-14-13-35-2)23(29-20-9-6-17(7-10-20)24(27)32)26(34)31-30-25(33)19-5-4-12-28-16-19/h4-12,15-16,23,29H,3,13-14H2,1-2H3,(H2,27,32)(H,30,33)(H,31,34). The maximum absolute atomic E-state index is 13.3. The Labute approximate surface area is 214 Å². The van der Waals surface area contributed by atoms with E-state index in [0.29, 0.717) is 48.1 Å². The third kappa shape index (κ3) is 7.67. The monoisotopic (exact) mass is 507 g/mol. The van der Waals surface area contributed by atoms with Crippen LogP contribution < -0.4 is 31.4 Å². The molecule has 194 valence electrons. The summed E-state index contributed by atoms with van der Waals surface area (Å²) in [5.74, 6) is -0.698. The SMILES string of the molecule is CCOc1cc(C(Nc2ccc(C(N)=O)cc2)C(=O)NNC(=O)c2cccnc2)ccc1OCCOC. The lowest BCUT2D eigenvalue weighted by Crippen LogP contribution is -2.45. The van der Waals surface area contributed by atoms with E-state index in [1.807, 2.05) is 6.92 Å². The number of nitrogens with one attached hydrogen (secondary N) is 3. The molecule has 0 saturated carbocycles. The Morgan fingerprint density at radius 2 is 1.73 bits per heavy atom. The van der Waals surface area contributed by atoms with Crippen LogP contribution in [-0.4, -0.2) is 49.6 Å². The van der Waals surface area contributed by atoms with Gasteiger partial charge in [-0.2, -0.15) is 0 Å². The summed E-state index contributed by atoms with van der Waals surface area (Å²) in [6, 6.07) is 13.7. The number of amides is 3. The van der Waals surface area contributed by atoms with Gasteiger partial charge >= 0.3 is 0 Å². The van der Waals surface area contributed by atoms with E-state index < -0.39 is 23.8 Å². The van der Waals surface area contributed by atoms with Crippen LogP contribution in [0.5, 0.6) is 11.5 Å². The highest BCUT2D eigenvalue weighted by Gasteiger charge is 2.23. The first kappa shape index (κ1) is 27.0. The van der Waals surface area contributed by atoms with Crippen LogP contribution in [-0.2, 0) is 9.53 Å². The molecule has 5 N–H and O–H groups in total. The Morgan fingerprint density at radius 3 is 2.38 bits per heavy atom. The van der Waals surface area contributed by atoms with E-state index in [9.17, 15) is 14.4 Å². The van der Waals surface area contributed by atoms with Crippen molar-refractivity contribution >= 4 is 23.4 Å². The first-order valence-corrected chi connectivity index (χ1v) is 11.5. The molecule has 1 atom stereocenters. The maximum Gasteiger partial charge on any atom is 0.271 e. The topological polar surface area (TPSA) is 154 Å². The minimum absolute atomic E-state index is 0.283. The number of rotatable bonds is 12. The van der Waals surface area contributed by atoms with Gasteiger partial charge in [-0.3, -0.25) is 30.2 Å². The summed E-state index contributed by atoms with van der Waals surface area (Å²) in [6.07, 6.45) is 2.92. The third-order valence-corrected chi connectivity index (χ3v) is 5.11. The fourth-order valence-electron chi connectivity index (χ4n) is 3.28. The Bertz CT molecular complexity index is 1200. The number of carbonyl (C=O) groups is 3. The fraction of sp³-hybridized carbons (Fsp3) is 0.231. The first-order chi connectivity index (χ1) is 17.9. The molecule has 2 aromatic carbocycles. The van der Waals surface area contributed by atoms with Crippen molar-refractivity contribution in [2.75, 3.05) is 32.2 Å². The van der Waals surface area contributed by atoms with Gasteiger partial charge in [0.25, 0.3) is 11.8 Å². The Morgan fingerprint density at radius 1 is 0.946 bits per heavy atom. The molecule has 1 heterocycles. The van der Waals surface area contributed by atoms with Crippen LogP contribution in [0.4, 0.5) is 5.69 Å². The Balaban J connectivity index is 1.86. The minimum Gasteiger partial charge on any atom is -0.490 e. The number of nitrogens with two attached hydrogens (primary N) is 1. The number of hydrazine groups is 1. The average Bonchev–Trinajstić information content (AvgIpc) is 2.92. The molecule has 0 fully saturated rings. The second-order valence-electron chi connectivity index (χ2n) is 7.68. The van der Waals surface area contributed by atoms with Gasteiger partial charge in [-0.05, 0) is 61.0 Å². The van der Waals surface area contributed by atoms with Gasteiger partial charge in [-0.25, -0.2) is 0 Å². The van der Waals surface area contributed by atoms with E-state index in [-0.39, 0.29) is 5.56 Å². The van der Waals surface area contributed by atoms with Crippen LogP contribution in [0.2, 0.25) is 0 Å². The molecule has 0 spiro atoms. The van der Waals surface area contributed by atoms with Gasteiger partial charge in [0.15, 0.2) is 11.5 Å². The van der Waals surface area contributed by atoms with Crippen molar-refractivity contribution in [3.05, 3.63) is 83.7 Å². The molecule has 0 aliphatic carbocycles. The van der Waals surface area contributed by atoms with Crippen LogP contribution in [0, 0.1) is 0 Å². The third-order valence-electron chi connectivity index (χ3n) is 5.11. The van der Waals surface area contributed by atoms with Gasteiger partial charge in [-0.15, -0.1) is 0 Å². The van der Waals surface area contributed by atoms with Crippen molar-refractivity contribution in [3.63, 3.8) is 0 Å². The van der Waals surface area contributed by atoms with E-state index >= 15 is 0 Å². The largest absolute Gasteiger partial charge is 0.490 e. The number of hydrogen-bond acceptors (Lipinski definition) is 8. The van der Waals surface area contributed by atoms with Crippen molar-refractivity contribution in [2.24, 2.45) is 5.73 Å². The van der Waals surface area contributed by atoms with Crippen molar-refractivity contribution in [1.82, 2.24) is 15.8 Å². The molecule has 0 bridgehead atoms. The lowest BCUT2D eigenvalue weighted by atomic mass is 10.0. The van der Waals surface area contributed by atoms with E-state index in [0.717, 1.165) is 0 Å². The van der Waals surface area contributed by atoms with E-state index in [1.54, 1.807) is 61.7 Å². The number of pyridine rings is 1. The number of aromatic nitrogens is 1. The van der Waals surface area contributed by atoms with Gasteiger partial charge < -0.3 is 25.3 Å². The zero-order valence-corrected chi connectivity index (χ0v) is 20.5. The quantitative estimate of drug-likeness (QED) is 0.215. The number of ether oxygens (including phenoxy) is 3. The molecular formula is C26H29N5O6. The van der Waals surface area contributed by atoms with Crippen LogP contribution in [0.1, 0.15) is 39.2 Å². The molecule has 3 rings (SSSR count). The molecule has 0 aliphatic rings. The van der Waals surface area contributed by atoms with Gasteiger partial charge in [-0.1, -0.05) is 6.07 Å². The fourth-order valence-corrected chi connectivity index (χ4v) is 3.28. The average molecular weight is 508 g/mol. The second-order valence-corrected chi connectivity index (χ2v) is 7.68. The summed E-state index contributed by atoms with van der Waals surface area (Å²) >= 11 is 0. The Kier molecular flexibility index (Phi) is 9.80. The van der Waals surface area contributed by atoms with Crippen molar-refractivity contribution in [3.8, 4) is 11.5 Å². The number of nitrogens with zero attached hydrogens (tertiary/aromatic N) is 1. The number of methoxy groups -OCH3 is 1. The van der Waals surface area contributed by atoms with Crippen LogP contribution in [0.3, 0.4) is 0 Å². The summed E-state index contributed by atoms with van der Waals surface area (Å²) in [7, 11) is 1.58.